The molecule has 2 rings (SSSR count). The minimum atomic E-state index is -0.0359. The van der Waals surface area contributed by atoms with Crippen molar-refractivity contribution >= 4 is 29.9 Å². The van der Waals surface area contributed by atoms with Gasteiger partial charge in [0.15, 0.2) is 0 Å². The number of benzene rings is 1. The number of hydrogen-bond donors (Lipinski definition) is 2. The molecule has 1 saturated heterocycles. The summed E-state index contributed by atoms with van der Waals surface area (Å²) in [5, 5.41) is 6.20. The maximum Gasteiger partial charge on any atom is 0.255 e. The number of carbonyl (C=O) groups is 2. The van der Waals surface area contributed by atoms with Gasteiger partial charge in [-0.3, -0.25) is 9.59 Å². The van der Waals surface area contributed by atoms with Crippen molar-refractivity contribution < 1.29 is 9.59 Å². The number of piperidine rings is 1. The van der Waals surface area contributed by atoms with Crippen molar-refractivity contribution in [3.8, 4) is 0 Å². The largest absolute Gasteiger partial charge is 0.339 e. The number of rotatable bonds is 5. The molecule has 5 nitrogen and oxygen atoms in total. The molecule has 0 aliphatic carbocycles. The van der Waals surface area contributed by atoms with E-state index in [1.807, 2.05) is 26.0 Å². The van der Waals surface area contributed by atoms with E-state index in [9.17, 15) is 9.59 Å². The highest BCUT2D eigenvalue weighted by Gasteiger charge is 2.23. The third-order valence-corrected chi connectivity index (χ3v) is 4.18. The Hall–Kier alpha value is -1.59. The second-order valence-corrected chi connectivity index (χ2v) is 5.54. The molecule has 6 heteroatoms. The van der Waals surface area contributed by atoms with Crippen LogP contribution in [0.4, 0.5) is 5.69 Å². The van der Waals surface area contributed by atoms with E-state index in [0.29, 0.717) is 24.3 Å². The summed E-state index contributed by atoms with van der Waals surface area (Å²) in [4.78, 5) is 26.7. The van der Waals surface area contributed by atoms with Gasteiger partial charge in [-0.2, -0.15) is 0 Å². The van der Waals surface area contributed by atoms with Gasteiger partial charge in [0.25, 0.3) is 5.91 Å². The average molecular weight is 340 g/mol. The molecule has 0 radical (unpaired) electrons. The zero-order valence-corrected chi connectivity index (χ0v) is 14.6. The van der Waals surface area contributed by atoms with Crippen LogP contribution in [0, 0.1) is 5.92 Å². The number of hydrogen-bond acceptors (Lipinski definition) is 3. The highest BCUT2D eigenvalue weighted by molar-refractivity contribution is 6.04. The summed E-state index contributed by atoms with van der Waals surface area (Å²) in [5.41, 5.74) is 1.18. The fraction of sp³-hybridized carbons (Fsp3) is 0.529. The van der Waals surface area contributed by atoms with E-state index >= 15 is 0 Å². The van der Waals surface area contributed by atoms with Gasteiger partial charge in [-0.05, 0) is 51.9 Å². The van der Waals surface area contributed by atoms with Gasteiger partial charge in [0.05, 0.1) is 11.3 Å². The van der Waals surface area contributed by atoms with Gasteiger partial charge >= 0.3 is 0 Å². The highest BCUT2D eigenvalue weighted by Crippen LogP contribution is 2.20. The molecular weight excluding hydrogens is 314 g/mol. The number of carbonyl (C=O) groups excluding carboxylic acids is 2. The summed E-state index contributed by atoms with van der Waals surface area (Å²) in [6, 6.07) is 7.25. The van der Waals surface area contributed by atoms with Crippen LogP contribution in [0.15, 0.2) is 24.3 Å². The molecule has 2 amide bonds. The van der Waals surface area contributed by atoms with Crippen LogP contribution < -0.4 is 10.6 Å². The van der Waals surface area contributed by atoms with Crippen LogP contribution in [0.5, 0.6) is 0 Å². The van der Waals surface area contributed by atoms with E-state index in [1.54, 1.807) is 17.0 Å². The number of halogens is 1. The average Bonchev–Trinajstić information content (AvgIpc) is 2.57. The third-order valence-electron chi connectivity index (χ3n) is 4.18. The first-order chi connectivity index (χ1) is 10.7. The first kappa shape index (κ1) is 19.5. The van der Waals surface area contributed by atoms with E-state index in [-0.39, 0.29) is 30.1 Å². The van der Waals surface area contributed by atoms with Crippen molar-refractivity contribution in [2.24, 2.45) is 5.92 Å². The van der Waals surface area contributed by atoms with Crippen LogP contribution in [0.3, 0.4) is 0 Å². The van der Waals surface area contributed by atoms with Crippen LogP contribution >= 0.6 is 12.4 Å². The van der Waals surface area contributed by atoms with Gasteiger partial charge in [0, 0.05) is 19.0 Å². The molecule has 1 aromatic rings. The molecule has 0 unspecified atom stereocenters. The van der Waals surface area contributed by atoms with Crippen molar-refractivity contribution in [1.82, 2.24) is 10.2 Å². The molecule has 128 valence electrons. The first-order valence-corrected chi connectivity index (χ1v) is 8.07. The normalized spacial score (nSPS) is 14.7. The lowest BCUT2D eigenvalue weighted by Gasteiger charge is -2.23. The fourth-order valence-corrected chi connectivity index (χ4v) is 2.78. The molecule has 0 spiro atoms. The van der Waals surface area contributed by atoms with Crippen molar-refractivity contribution in [3.05, 3.63) is 29.8 Å². The van der Waals surface area contributed by atoms with Crippen molar-refractivity contribution in [1.29, 1.82) is 0 Å². The maximum atomic E-state index is 12.6. The number of nitrogens with one attached hydrogen (secondary N) is 2. The Kier molecular flexibility index (Phi) is 8.06. The number of amides is 2. The first-order valence-electron chi connectivity index (χ1n) is 8.07. The second kappa shape index (κ2) is 9.53. The van der Waals surface area contributed by atoms with E-state index < -0.39 is 0 Å². The molecule has 2 N–H and O–H groups in total. The van der Waals surface area contributed by atoms with Crippen LogP contribution in [-0.4, -0.2) is 42.9 Å². The van der Waals surface area contributed by atoms with Gasteiger partial charge in [0.1, 0.15) is 0 Å². The Labute approximate surface area is 144 Å². The number of para-hydroxylation sites is 1. The molecule has 1 fully saturated rings. The summed E-state index contributed by atoms with van der Waals surface area (Å²) in [6.45, 7) is 6.98. The highest BCUT2D eigenvalue weighted by atomic mass is 35.5. The molecule has 1 aliphatic heterocycles. The van der Waals surface area contributed by atoms with E-state index in [0.717, 1.165) is 25.9 Å². The smallest absolute Gasteiger partial charge is 0.255 e. The zero-order valence-electron chi connectivity index (χ0n) is 13.8. The van der Waals surface area contributed by atoms with Gasteiger partial charge < -0.3 is 15.5 Å². The SMILES string of the molecule is CCN(CC)C(=O)c1ccccc1NC(=O)C1CCNCC1.Cl. The second-order valence-electron chi connectivity index (χ2n) is 5.54. The summed E-state index contributed by atoms with van der Waals surface area (Å²) >= 11 is 0. The summed E-state index contributed by atoms with van der Waals surface area (Å²) in [6.07, 6.45) is 1.69. The van der Waals surface area contributed by atoms with Gasteiger partial charge in [-0.15, -0.1) is 12.4 Å². The lowest BCUT2D eigenvalue weighted by atomic mass is 9.97. The Morgan fingerprint density at radius 3 is 2.39 bits per heavy atom. The Morgan fingerprint density at radius 1 is 1.17 bits per heavy atom. The minimum absolute atomic E-state index is 0. The third kappa shape index (κ3) is 4.94. The molecule has 0 saturated carbocycles. The van der Waals surface area contributed by atoms with Crippen LogP contribution in [-0.2, 0) is 4.79 Å². The lowest BCUT2D eigenvalue weighted by Crippen LogP contribution is -2.35. The van der Waals surface area contributed by atoms with Crippen LogP contribution in [0.2, 0.25) is 0 Å². The summed E-state index contributed by atoms with van der Waals surface area (Å²) < 4.78 is 0. The topological polar surface area (TPSA) is 61.4 Å². The fourth-order valence-electron chi connectivity index (χ4n) is 2.78. The molecule has 0 aromatic heterocycles. The predicted octanol–water partition coefficient (Wildman–Crippen LogP) is 2.53. The van der Waals surface area contributed by atoms with Crippen molar-refractivity contribution in [3.63, 3.8) is 0 Å². The maximum absolute atomic E-state index is 12.6. The van der Waals surface area contributed by atoms with Gasteiger partial charge in [-0.1, -0.05) is 12.1 Å². The van der Waals surface area contributed by atoms with Crippen LogP contribution in [0.1, 0.15) is 37.0 Å². The Balaban J connectivity index is 0.00000264. The van der Waals surface area contributed by atoms with E-state index in [1.165, 1.54) is 0 Å². The molecule has 1 aromatic carbocycles. The van der Waals surface area contributed by atoms with Crippen molar-refractivity contribution in [2.45, 2.75) is 26.7 Å². The quantitative estimate of drug-likeness (QED) is 0.866. The molecule has 0 atom stereocenters. The minimum Gasteiger partial charge on any atom is -0.339 e. The standard InChI is InChI=1S/C17H25N3O2.ClH/c1-3-20(4-2)17(22)14-7-5-6-8-15(14)19-16(21)13-9-11-18-12-10-13;/h5-8,13,18H,3-4,9-12H2,1-2H3,(H,19,21);1H. The zero-order chi connectivity index (χ0) is 15.9. The predicted molar refractivity (Wildman–Crippen MR) is 95.2 cm³/mol. The molecule has 1 aliphatic rings. The molecule has 23 heavy (non-hydrogen) atoms. The lowest BCUT2D eigenvalue weighted by molar-refractivity contribution is -0.120. The molecule has 1 heterocycles. The van der Waals surface area contributed by atoms with Gasteiger partial charge in [-0.25, -0.2) is 0 Å². The van der Waals surface area contributed by atoms with E-state index in [4.69, 9.17) is 0 Å². The number of nitrogens with zero attached hydrogens (tertiary/aromatic N) is 1. The van der Waals surface area contributed by atoms with Crippen LogP contribution in [0.25, 0.3) is 0 Å². The van der Waals surface area contributed by atoms with Crippen molar-refractivity contribution in [2.75, 3.05) is 31.5 Å². The monoisotopic (exact) mass is 339 g/mol. The van der Waals surface area contributed by atoms with Gasteiger partial charge in [0.2, 0.25) is 5.91 Å². The summed E-state index contributed by atoms with van der Waals surface area (Å²) in [7, 11) is 0. The Bertz CT molecular complexity index is 526. The number of anilines is 1. The summed E-state index contributed by atoms with van der Waals surface area (Å²) in [5.74, 6) is 0.00497. The molecular formula is C17H26ClN3O2. The van der Waals surface area contributed by atoms with E-state index in [2.05, 4.69) is 10.6 Å². The Morgan fingerprint density at radius 2 is 1.78 bits per heavy atom. The molecule has 0 bridgehead atoms.